The van der Waals surface area contributed by atoms with E-state index in [-0.39, 0.29) is 5.91 Å². The molecule has 2 aromatic carbocycles. The lowest BCUT2D eigenvalue weighted by Gasteiger charge is -2.16. The van der Waals surface area contributed by atoms with E-state index in [1.807, 2.05) is 30.3 Å². The van der Waals surface area contributed by atoms with Gasteiger partial charge in [0.1, 0.15) is 11.5 Å². The van der Waals surface area contributed by atoms with Crippen LogP contribution < -0.4 is 10.8 Å². The highest BCUT2D eigenvalue weighted by atomic mass is 16.5. The van der Waals surface area contributed by atoms with Crippen LogP contribution in [-0.4, -0.2) is 17.0 Å². The van der Waals surface area contributed by atoms with E-state index in [1.54, 1.807) is 49.7 Å². The molecule has 3 aromatic rings. The van der Waals surface area contributed by atoms with Crippen LogP contribution in [0.2, 0.25) is 0 Å². The minimum atomic E-state index is -0.653. The highest BCUT2D eigenvalue weighted by molar-refractivity contribution is 6.05. The summed E-state index contributed by atoms with van der Waals surface area (Å²) >= 11 is 0. The summed E-state index contributed by atoms with van der Waals surface area (Å²) < 4.78 is 5.38. The molecule has 138 valence electrons. The fourth-order valence-corrected chi connectivity index (χ4v) is 3.02. The molecule has 6 heteroatoms. The number of amides is 2. The summed E-state index contributed by atoms with van der Waals surface area (Å²) in [5.74, 6) is -0.203. The van der Waals surface area contributed by atoms with Crippen molar-refractivity contribution in [2.24, 2.45) is 0 Å². The summed E-state index contributed by atoms with van der Waals surface area (Å²) in [6, 6.07) is 17.8. The van der Waals surface area contributed by atoms with Crippen LogP contribution >= 0.6 is 0 Å². The Bertz CT molecular complexity index is 946. The summed E-state index contributed by atoms with van der Waals surface area (Å²) in [6.45, 7) is 3.53. The Labute approximate surface area is 156 Å². The number of hydroxylamine groups is 1. The van der Waals surface area contributed by atoms with Crippen molar-refractivity contribution < 1.29 is 19.2 Å². The molecule has 0 spiro atoms. The van der Waals surface area contributed by atoms with E-state index in [4.69, 9.17) is 9.62 Å². The third kappa shape index (κ3) is 4.07. The molecule has 0 fully saturated rings. The van der Waals surface area contributed by atoms with Crippen molar-refractivity contribution in [2.45, 2.75) is 19.8 Å². The van der Waals surface area contributed by atoms with Crippen molar-refractivity contribution in [1.29, 1.82) is 0 Å². The number of carbonyl (C=O) groups is 2. The summed E-state index contributed by atoms with van der Waals surface area (Å²) in [6.07, 6.45) is 0. The zero-order valence-corrected chi connectivity index (χ0v) is 15.0. The Morgan fingerprint density at radius 1 is 0.963 bits per heavy atom. The Morgan fingerprint density at radius 3 is 2.15 bits per heavy atom. The van der Waals surface area contributed by atoms with Crippen LogP contribution in [0, 0.1) is 13.8 Å². The van der Waals surface area contributed by atoms with Crippen molar-refractivity contribution in [3.8, 4) is 0 Å². The molecule has 6 nitrogen and oxygen atoms in total. The Morgan fingerprint density at radius 2 is 1.59 bits per heavy atom. The molecule has 0 radical (unpaired) electrons. The number of hydrogen-bond acceptors (Lipinski definition) is 4. The number of anilines is 1. The quantitative estimate of drug-likeness (QED) is 0.474. The van der Waals surface area contributed by atoms with Gasteiger partial charge in [0.2, 0.25) is 0 Å². The maximum Gasteiger partial charge on any atom is 0.259 e. The highest BCUT2D eigenvalue weighted by Crippen LogP contribution is 2.26. The average molecular weight is 364 g/mol. The molecule has 0 aliphatic heterocycles. The highest BCUT2D eigenvalue weighted by Gasteiger charge is 2.22. The van der Waals surface area contributed by atoms with Crippen LogP contribution in [0.4, 0.5) is 5.69 Å². The smallest absolute Gasteiger partial charge is 0.259 e. The molecule has 1 heterocycles. The summed E-state index contributed by atoms with van der Waals surface area (Å²) in [5, 5.41) is 11.9. The standard InChI is InChI=1S/C21H20N2O4/c1-13-12-18(14(2)27-13)20(24)22-17-10-8-16(9-11-17)19(21(25)23-26)15-6-4-3-5-7-15/h3-12,19,26H,1-2H3,(H,22,24)(H,23,25). The van der Waals surface area contributed by atoms with Crippen LogP contribution in [0.5, 0.6) is 0 Å². The lowest BCUT2D eigenvalue weighted by atomic mass is 9.90. The SMILES string of the molecule is Cc1cc(C(=O)Nc2ccc(C(C(=O)NO)c3ccccc3)cc2)c(C)o1. The fraction of sp³-hybridized carbons (Fsp3) is 0.143. The van der Waals surface area contributed by atoms with E-state index in [1.165, 1.54) is 0 Å². The first-order valence-corrected chi connectivity index (χ1v) is 8.47. The van der Waals surface area contributed by atoms with Crippen LogP contribution in [0.1, 0.15) is 38.9 Å². The maximum absolute atomic E-state index is 12.4. The number of rotatable bonds is 5. The number of benzene rings is 2. The van der Waals surface area contributed by atoms with E-state index >= 15 is 0 Å². The van der Waals surface area contributed by atoms with Crippen molar-refractivity contribution in [3.63, 3.8) is 0 Å². The van der Waals surface area contributed by atoms with Gasteiger partial charge in [-0.1, -0.05) is 42.5 Å². The van der Waals surface area contributed by atoms with Crippen LogP contribution in [-0.2, 0) is 4.79 Å². The van der Waals surface area contributed by atoms with E-state index in [0.29, 0.717) is 28.3 Å². The van der Waals surface area contributed by atoms with Gasteiger partial charge in [-0.2, -0.15) is 0 Å². The molecule has 1 aromatic heterocycles. The Balaban J connectivity index is 1.82. The molecule has 3 N–H and O–H groups in total. The van der Waals surface area contributed by atoms with E-state index in [9.17, 15) is 9.59 Å². The molecule has 1 unspecified atom stereocenters. The number of carbonyl (C=O) groups excluding carboxylic acids is 2. The van der Waals surface area contributed by atoms with Crippen molar-refractivity contribution in [2.75, 3.05) is 5.32 Å². The molecule has 0 aliphatic rings. The molecule has 3 rings (SSSR count). The third-order valence-corrected chi connectivity index (χ3v) is 4.29. The number of hydrogen-bond donors (Lipinski definition) is 3. The van der Waals surface area contributed by atoms with Crippen LogP contribution in [0.15, 0.2) is 65.1 Å². The predicted octanol–water partition coefficient (Wildman–Crippen LogP) is 3.79. The first-order chi connectivity index (χ1) is 13.0. The molecule has 2 amide bonds. The van der Waals surface area contributed by atoms with Gasteiger partial charge in [-0.05, 0) is 43.2 Å². The molecule has 0 saturated heterocycles. The normalized spacial score (nSPS) is 11.7. The van der Waals surface area contributed by atoms with Gasteiger partial charge in [-0.3, -0.25) is 14.8 Å². The minimum Gasteiger partial charge on any atom is -0.466 e. The van der Waals surface area contributed by atoms with Crippen molar-refractivity contribution in [1.82, 2.24) is 5.48 Å². The molecular weight excluding hydrogens is 344 g/mol. The van der Waals surface area contributed by atoms with Crippen LogP contribution in [0.3, 0.4) is 0 Å². The zero-order valence-electron chi connectivity index (χ0n) is 15.0. The van der Waals surface area contributed by atoms with Gasteiger partial charge < -0.3 is 9.73 Å². The topological polar surface area (TPSA) is 91.6 Å². The van der Waals surface area contributed by atoms with Gasteiger partial charge in [-0.25, -0.2) is 5.48 Å². The molecule has 0 bridgehead atoms. The van der Waals surface area contributed by atoms with Crippen molar-refractivity contribution >= 4 is 17.5 Å². The predicted molar refractivity (Wildman–Crippen MR) is 101 cm³/mol. The fourth-order valence-electron chi connectivity index (χ4n) is 3.02. The van der Waals surface area contributed by atoms with Gasteiger partial charge >= 0.3 is 0 Å². The largest absolute Gasteiger partial charge is 0.466 e. The van der Waals surface area contributed by atoms with Gasteiger partial charge in [0, 0.05) is 5.69 Å². The summed E-state index contributed by atoms with van der Waals surface area (Å²) in [7, 11) is 0. The lowest BCUT2D eigenvalue weighted by Crippen LogP contribution is -2.27. The Kier molecular flexibility index (Phi) is 5.38. The van der Waals surface area contributed by atoms with Crippen LogP contribution in [0.25, 0.3) is 0 Å². The Hall–Kier alpha value is -3.38. The average Bonchev–Trinajstić information content (AvgIpc) is 3.02. The second-order valence-corrected chi connectivity index (χ2v) is 6.22. The lowest BCUT2D eigenvalue weighted by molar-refractivity contribution is -0.129. The third-order valence-electron chi connectivity index (χ3n) is 4.29. The number of aryl methyl sites for hydroxylation is 2. The second-order valence-electron chi connectivity index (χ2n) is 6.22. The molecule has 27 heavy (non-hydrogen) atoms. The second kappa shape index (κ2) is 7.88. The first-order valence-electron chi connectivity index (χ1n) is 8.47. The van der Waals surface area contributed by atoms with Gasteiger partial charge in [0.15, 0.2) is 0 Å². The van der Waals surface area contributed by atoms with Gasteiger partial charge in [-0.15, -0.1) is 0 Å². The molecule has 0 aliphatic carbocycles. The van der Waals surface area contributed by atoms with Gasteiger partial charge in [0.25, 0.3) is 11.8 Å². The molecular formula is C21H20N2O4. The van der Waals surface area contributed by atoms with Gasteiger partial charge in [0.05, 0.1) is 11.5 Å². The molecule has 1 atom stereocenters. The number of furan rings is 1. The first kappa shape index (κ1) is 18.4. The summed E-state index contributed by atoms with van der Waals surface area (Å²) in [4.78, 5) is 24.5. The van der Waals surface area contributed by atoms with E-state index in [0.717, 1.165) is 5.56 Å². The minimum absolute atomic E-state index is 0.259. The van der Waals surface area contributed by atoms with Crippen molar-refractivity contribution in [3.05, 3.63) is 88.9 Å². The maximum atomic E-state index is 12.4. The van der Waals surface area contributed by atoms with E-state index in [2.05, 4.69) is 5.32 Å². The van der Waals surface area contributed by atoms with E-state index < -0.39 is 11.8 Å². The number of nitrogens with one attached hydrogen (secondary N) is 2. The molecule has 0 saturated carbocycles. The summed E-state index contributed by atoms with van der Waals surface area (Å²) in [5.41, 5.74) is 4.25. The monoisotopic (exact) mass is 364 g/mol. The zero-order chi connectivity index (χ0) is 19.4.